The molecule has 0 aliphatic carbocycles. The Morgan fingerprint density at radius 2 is 1.76 bits per heavy atom. The Morgan fingerprint density at radius 3 is 2.52 bits per heavy atom. The molecule has 0 aromatic heterocycles. The molecule has 0 atom stereocenters. The third-order valence-corrected chi connectivity index (χ3v) is 2.85. The molecular formula is C18H18O3. The summed E-state index contributed by atoms with van der Waals surface area (Å²) in [6.45, 7) is 0.918. The Balaban J connectivity index is 2.01. The molecule has 2 aromatic carbocycles. The summed E-state index contributed by atoms with van der Waals surface area (Å²) in [4.78, 5) is 0. The number of ether oxygens (including phenoxy) is 2. The van der Waals surface area contributed by atoms with Gasteiger partial charge in [-0.2, -0.15) is 0 Å². The summed E-state index contributed by atoms with van der Waals surface area (Å²) in [6.07, 6.45) is 0. The number of aliphatic hydroxyl groups is 1. The maximum atomic E-state index is 8.71. The van der Waals surface area contributed by atoms with E-state index >= 15 is 0 Å². The van der Waals surface area contributed by atoms with Crippen LogP contribution in [0.25, 0.3) is 0 Å². The van der Waals surface area contributed by atoms with E-state index in [1.165, 1.54) is 0 Å². The average Bonchev–Trinajstić information content (AvgIpc) is 2.52. The minimum atomic E-state index is -0.132. The van der Waals surface area contributed by atoms with E-state index in [-0.39, 0.29) is 6.61 Å². The molecule has 1 N–H and O–H groups in total. The summed E-state index contributed by atoms with van der Waals surface area (Å²) >= 11 is 0. The molecular weight excluding hydrogens is 264 g/mol. The predicted octanol–water partition coefficient (Wildman–Crippen LogP) is 2.76. The van der Waals surface area contributed by atoms with Gasteiger partial charge in [-0.1, -0.05) is 36.1 Å². The van der Waals surface area contributed by atoms with Crippen molar-refractivity contribution in [2.75, 3.05) is 13.7 Å². The first-order chi connectivity index (χ1) is 10.3. The zero-order chi connectivity index (χ0) is 14.9. The van der Waals surface area contributed by atoms with E-state index in [4.69, 9.17) is 14.6 Å². The van der Waals surface area contributed by atoms with Gasteiger partial charge in [0.25, 0.3) is 0 Å². The zero-order valence-corrected chi connectivity index (χ0v) is 12.0. The largest absolute Gasteiger partial charge is 0.489 e. The van der Waals surface area contributed by atoms with Gasteiger partial charge in [0.15, 0.2) is 0 Å². The second-order valence-corrected chi connectivity index (χ2v) is 4.53. The number of benzene rings is 2. The third-order valence-electron chi connectivity index (χ3n) is 2.85. The molecule has 3 heteroatoms. The zero-order valence-electron chi connectivity index (χ0n) is 12.0. The van der Waals surface area contributed by atoms with E-state index < -0.39 is 0 Å². The molecule has 21 heavy (non-hydrogen) atoms. The van der Waals surface area contributed by atoms with Crippen molar-refractivity contribution in [1.29, 1.82) is 0 Å². The number of aliphatic hydroxyl groups excluding tert-OH is 1. The lowest BCUT2D eigenvalue weighted by molar-refractivity contribution is 0.184. The highest BCUT2D eigenvalue weighted by atomic mass is 16.5. The summed E-state index contributed by atoms with van der Waals surface area (Å²) in [5.74, 6) is 6.34. The van der Waals surface area contributed by atoms with Gasteiger partial charge in [-0.15, -0.1) is 0 Å². The highest BCUT2D eigenvalue weighted by Crippen LogP contribution is 2.16. The number of hydrogen-bond donors (Lipinski definition) is 1. The fourth-order valence-corrected chi connectivity index (χ4v) is 1.94. The molecule has 0 saturated carbocycles. The van der Waals surface area contributed by atoms with Gasteiger partial charge in [0, 0.05) is 12.7 Å². The second kappa shape index (κ2) is 8.11. The fraction of sp³-hybridized carbons (Fsp3) is 0.222. The normalized spacial score (nSPS) is 9.81. The van der Waals surface area contributed by atoms with Crippen LogP contribution in [-0.2, 0) is 18.0 Å². The van der Waals surface area contributed by atoms with Crippen molar-refractivity contribution in [3.8, 4) is 17.6 Å². The highest BCUT2D eigenvalue weighted by molar-refractivity contribution is 5.37. The van der Waals surface area contributed by atoms with Crippen molar-refractivity contribution in [3.05, 3.63) is 65.2 Å². The van der Waals surface area contributed by atoms with Crippen LogP contribution in [-0.4, -0.2) is 18.8 Å². The van der Waals surface area contributed by atoms with Gasteiger partial charge < -0.3 is 14.6 Å². The van der Waals surface area contributed by atoms with Crippen molar-refractivity contribution in [3.63, 3.8) is 0 Å². The van der Waals surface area contributed by atoms with E-state index in [9.17, 15) is 0 Å². The summed E-state index contributed by atoms with van der Waals surface area (Å²) in [6, 6.07) is 15.6. The molecule has 108 valence electrons. The van der Waals surface area contributed by atoms with Gasteiger partial charge in [0.1, 0.15) is 19.0 Å². The Labute approximate surface area is 125 Å². The van der Waals surface area contributed by atoms with E-state index in [1.54, 1.807) is 7.11 Å². The molecule has 0 radical (unpaired) electrons. The average molecular weight is 282 g/mol. The fourth-order valence-electron chi connectivity index (χ4n) is 1.94. The van der Waals surface area contributed by atoms with Gasteiger partial charge in [-0.3, -0.25) is 0 Å². The van der Waals surface area contributed by atoms with E-state index in [0.29, 0.717) is 13.2 Å². The van der Waals surface area contributed by atoms with Crippen LogP contribution in [0.4, 0.5) is 0 Å². The summed E-state index contributed by atoms with van der Waals surface area (Å²) in [5.41, 5.74) is 2.99. The molecule has 0 fully saturated rings. The van der Waals surface area contributed by atoms with E-state index in [1.807, 2.05) is 48.5 Å². The maximum absolute atomic E-state index is 8.71. The lowest BCUT2D eigenvalue weighted by Crippen LogP contribution is -1.97. The van der Waals surface area contributed by atoms with Crippen LogP contribution < -0.4 is 4.74 Å². The van der Waals surface area contributed by atoms with Crippen LogP contribution in [0.3, 0.4) is 0 Å². The minimum absolute atomic E-state index is 0.132. The lowest BCUT2D eigenvalue weighted by Gasteiger charge is -2.08. The van der Waals surface area contributed by atoms with Crippen LogP contribution in [0.1, 0.15) is 16.7 Å². The monoisotopic (exact) mass is 282 g/mol. The van der Waals surface area contributed by atoms with Crippen LogP contribution >= 0.6 is 0 Å². The quantitative estimate of drug-likeness (QED) is 0.857. The summed E-state index contributed by atoms with van der Waals surface area (Å²) < 4.78 is 10.9. The van der Waals surface area contributed by atoms with Crippen LogP contribution in [0, 0.1) is 11.8 Å². The number of hydrogen-bond acceptors (Lipinski definition) is 3. The van der Waals surface area contributed by atoms with Crippen molar-refractivity contribution in [2.45, 2.75) is 13.2 Å². The third kappa shape index (κ3) is 4.96. The molecule has 3 nitrogen and oxygen atoms in total. The molecule has 0 spiro atoms. The smallest absolute Gasteiger partial charge is 0.120 e. The topological polar surface area (TPSA) is 38.7 Å². The van der Waals surface area contributed by atoms with Crippen LogP contribution in [0.5, 0.6) is 5.75 Å². The first-order valence-electron chi connectivity index (χ1n) is 6.71. The van der Waals surface area contributed by atoms with Gasteiger partial charge in [0.05, 0.1) is 6.61 Å². The second-order valence-electron chi connectivity index (χ2n) is 4.53. The molecule has 2 rings (SSSR count). The summed E-state index contributed by atoms with van der Waals surface area (Å²) in [5, 5.41) is 8.71. The van der Waals surface area contributed by atoms with Gasteiger partial charge >= 0.3 is 0 Å². The Bertz CT molecular complexity index is 638. The van der Waals surface area contributed by atoms with Crippen LogP contribution in [0.15, 0.2) is 48.5 Å². The Kier molecular flexibility index (Phi) is 5.83. The number of methoxy groups -OCH3 is 1. The Hall–Kier alpha value is -2.28. The Morgan fingerprint density at radius 1 is 1.00 bits per heavy atom. The predicted molar refractivity (Wildman–Crippen MR) is 81.9 cm³/mol. The van der Waals surface area contributed by atoms with Crippen molar-refractivity contribution < 1.29 is 14.6 Å². The molecule has 0 aliphatic heterocycles. The molecule has 0 saturated heterocycles. The first kappa shape index (κ1) is 15.1. The lowest BCUT2D eigenvalue weighted by atomic mass is 10.1. The summed E-state index contributed by atoms with van der Waals surface area (Å²) in [7, 11) is 1.67. The molecule has 0 amide bonds. The van der Waals surface area contributed by atoms with E-state index in [0.717, 1.165) is 22.4 Å². The molecule has 0 bridgehead atoms. The maximum Gasteiger partial charge on any atom is 0.120 e. The van der Waals surface area contributed by atoms with E-state index in [2.05, 4.69) is 11.8 Å². The van der Waals surface area contributed by atoms with Gasteiger partial charge in [-0.25, -0.2) is 0 Å². The van der Waals surface area contributed by atoms with Crippen molar-refractivity contribution in [2.24, 2.45) is 0 Å². The van der Waals surface area contributed by atoms with Gasteiger partial charge in [-0.05, 0) is 35.4 Å². The standard InChI is InChI=1S/C18H18O3/c1-20-13-17-7-3-9-18(12-17)21-14-16-6-2-5-15(11-16)8-4-10-19/h2-3,5-7,9,11-12,19H,10,13-14H2,1H3. The van der Waals surface area contributed by atoms with Crippen LogP contribution in [0.2, 0.25) is 0 Å². The van der Waals surface area contributed by atoms with Crippen molar-refractivity contribution >= 4 is 0 Å². The SMILES string of the molecule is COCc1cccc(OCc2cccc(C#CCO)c2)c1. The van der Waals surface area contributed by atoms with Gasteiger partial charge in [0.2, 0.25) is 0 Å². The number of rotatable bonds is 5. The molecule has 2 aromatic rings. The molecule has 0 heterocycles. The highest BCUT2D eigenvalue weighted by Gasteiger charge is 1.99. The van der Waals surface area contributed by atoms with Crippen molar-refractivity contribution in [1.82, 2.24) is 0 Å². The minimum Gasteiger partial charge on any atom is -0.489 e. The molecule has 0 aliphatic rings. The molecule has 0 unspecified atom stereocenters. The first-order valence-corrected chi connectivity index (χ1v) is 6.71.